The minimum atomic E-state index is -3.03. The molecule has 0 unspecified atom stereocenters. The number of halogens is 3. The SMILES string of the molecule is CCOC(=O)Cc1c(C(F)F)ncc(C#N)c1F. The van der Waals surface area contributed by atoms with Gasteiger partial charge < -0.3 is 4.74 Å². The Labute approximate surface area is 101 Å². The van der Waals surface area contributed by atoms with Crippen molar-refractivity contribution in [3.8, 4) is 6.07 Å². The number of carbonyl (C=O) groups excluding carboxylic acids is 1. The minimum Gasteiger partial charge on any atom is -0.466 e. The van der Waals surface area contributed by atoms with Gasteiger partial charge in [0.25, 0.3) is 6.43 Å². The van der Waals surface area contributed by atoms with E-state index < -0.39 is 41.5 Å². The van der Waals surface area contributed by atoms with Gasteiger partial charge >= 0.3 is 5.97 Å². The summed E-state index contributed by atoms with van der Waals surface area (Å²) < 4.78 is 43.5. The number of ether oxygens (including phenoxy) is 1. The summed E-state index contributed by atoms with van der Waals surface area (Å²) in [6.45, 7) is 1.59. The van der Waals surface area contributed by atoms with Crippen molar-refractivity contribution in [1.82, 2.24) is 4.98 Å². The summed E-state index contributed by atoms with van der Waals surface area (Å²) in [5.74, 6) is -2.01. The summed E-state index contributed by atoms with van der Waals surface area (Å²) in [4.78, 5) is 14.5. The molecule has 1 aromatic rings. The van der Waals surface area contributed by atoms with Crippen LogP contribution in [0.2, 0.25) is 0 Å². The lowest BCUT2D eigenvalue weighted by Gasteiger charge is -2.09. The molecule has 0 fully saturated rings. The molecule has 7 heteroatoms. The van der Waals surface area contributed by atoms with E-state index in [2.05, 4.69) is 9.72 Å². The molecular weight excluding hydrogens is 249 g/mol. The standard InChI is InChI=1S/C11H9F3N2O2/c1-2-18-8(17)3-7-9(12)6(4-15)5-16-10(7)11(13)14/h5,11H,2-3H2,1H3. The largest absolute Gasteiger partial charge is 0.466 e. The Bertz CT molecular complexity index is 498. The number of aromatic nitrogens is 1. The summed E-state index contributed by atoms with van der Waals surface area (Å²) in [7, 11) is 0. The maximum Gasteiger partial charge on any atom is 0.310 e. The second-order valence-electron chi connectivity index (χ2n) is 3.24. The van der Waals surface area contributed by atoms with E-state index in [0.29, 0.717) is 6.20 Å². The van der Waals surface area contributed by atoms with Crippen LogP contribution in [0.3, 0.4) is 0 Å². The minimum absolute atomic E-state index is 0.0514. The molecule has 1 aromatic heterocycles. The van der Waals surface area contributed by atoms with Gasteiger partial charge in [0.1, 0.15) is 23.1 Å². The zero-order valence-corrected chi connectivity index (χ0v) is 9.41. The molecule has 0 N–H and O–H groups in total. The molecule has 4 nitrogen and oxygen atoms in total. The highest BCUT2D eigenvalue weighted by atomic mass is 19.3. The van der Waals surface area contributed by atoms with Crippen molar-refractivity contribution < 1.29 is 22.7 Å². The molecule has 0 radical (unpaired) electrons. The first kappa shape index (κ1) is 14.0. The van der Waals surface area contributed by atoms with Gasteiger partial charge in [0.05, 0.1) is 13.0 Å². The number of esters is 1. The molecule has 0 aromatic carbocycles. The van der Waals surface area contributed by atoms with E-state index >= 15 is 0 Å². The molecule has 0 saturated heterocycles. The first-order valence-electron chi connectivity index (χ1n) is 5.02. The summed E-state index contributed by atoms with van der Waals surface area (Å²) in [5.41, 5.74) is -1.93. The van der Waals surface area contributed by atoms with Gasteiger partial charge in [-0.15, -0.1) is 0 Å². The van der Waals surface area contributed by atoms with Crippen molar-refractivity contribution in [2.75, 3.05) is 6.61 Å². The molecule has 0 atom stereocenters. The van der Waals surface area contributed by atoms with Crippen LogP contribution in [0.4, 0.5) is 13.2 Å². The summed E-state index contributed by atoms with van der Waals surface area (Å²) in [5, 5.41) is 8.58. The number of hydrogen-bond donors (Lipinski definition) is 0. The fourth-order valence-corrected chi connectivity index (χ4v) is 1.33. The molecule has 0 saturated carbocycles. The van der Waals surface area contributed by atoms with Crippen LogP contribution in [-0.4, -0.2) is 17.6 Å². The molecular formula is C11H9F3N2O2. The third kappa shape index (κ3) is 2.97. The molecule has 0 aliphatic heterocycles. The molecule has 0 aliphatic carbocycles. The third-order valence-corrected chi connectivity index (χ3v) is 2.10. The second kappa shape index (κ2) is 6.00. The molecule has 0 spiro atoms. The second-order valence-corrected chi connectivity index (χ2v) is 3.24. The van der Waals surface area contributed by atoms with E-state index in [0.717, 1.165) is 0 Å². The number of hydrogen-bond acceptors (Lipinski definition) is 4. The van der Waals surface area contributed by atoms with E-state index in [-0.39, 0.29) is 6.61 Å². The Morgan fingerprint density at radius 1 is 1.61 bits per heavy atom. The maximum absolute atomic E-state index is 13.7. The monoisotopic (exact) mass is 258 g/mol. The van der Waals surface area contributed by atoms with Crippen LogP contribution in [-0.2, 0) is 16.0 Å². The first-order valence-corrected chi connectivity index (χ1v) is 5.02. The van der Waals surface area contributed by atoms with Crippen LogP contribution in [0.1, 0.15) is 30.2 Å². The number of nitrogens with zero attached hydrogens (tertiary/aromatic N) is 2. The van der Waals surface area contributed by atoms with Crippen LogP contribution in [0.25, 0.3) is 0 Å². The predicted molar refractivity (Wildman–Crippen MR) is 54.2 cm³/mol. The van der Waals surface area contributed by atoms with E-state index in [4.69, 9.17) is 5.26 Å². The van der Waals surface area contributed by atoms with E-state index in [9.17, 15) is 18.0 Å². The quantitative estimate of drug-likeness (QED) is 0.776. The Morgan fingerprint density at radius 3 is 2.78 bits per heavy atom. The number of pyridine rings is 1. The van der Waals surface area contributed by atoms with Crippen LogP contribution >= 0.6 is 0 Å². The number of carbonyl (C=O) groups is 1. The number of rotatable bonds is 4. The maximum atomic E-state index is 13.7. The van der Waals surface area contributed by atoms with Crippen LogP contribution < -0.4 is 0 Å². The first-order chi connectivity index (χ1) is 8.51. The zero-order chi connectivity index (χ0) is 13.7. The van der Waals surface area contributed by atoms with Crippen molar-refractivity contribution in [1.29, 1.82) is 5.26 Å². The highest BCUT2D eigenvalue weighted by molar-refractivity contribution is 5.73. The van der Waals surface area contributed by atoms with Gasteiger partial charge in [0.15, 0.2) is 0 Å². The summed E-state index contributed by atoms with van der Waals surface area (Å²) in [6, 6.07) is 1.47. The van der Waals surface area contributed by atoms with Gasteiger partial charge in [0, 0.05) is 11.8 Å². The van der Waals surface area contributed by atoms with E-state index in [1.807, 2.05) is 0 Å². The van der Waals surface area contributed by atoms with E-state index in [1.165, 1.54) is 13.0 Å². The number of alkyl halides is 2. The van der Waals surface area contributed by atoms with Crippen molar-refractivity contribution in [2.24, 2.45) is 0 Å². The van der Waals surface area contributed by atoms with Gasteiger partial charge in [-0.1, -0.05) is 0 Å². The molecule has 1 rings (SSSR count). The van der Waals surface area contributed by atoms with Crippen molar-refractivity contribution in [3.05, 3.63) is 28.8 Å². The molecule has 96 valence electrons. The Kier molecular flexibility index (Phi) is 4.66. The normalized spacial score (nSPS) is 10.2. The Morgan fingerprint density at radius 2 is 2.28 bits per heavy atom. The molecule has 1 heterocycles. The van der Waals surface area contributed by atoms with Crippen LogP contribution in [0.5, 0.6) is 0 Å². The van der Waals surface area contributed by atoms with Crippen LogP contribution in [0.15, 0.2) is 6.20 Å². The third-order valence-electron chi connectivity index (χ3n) is 2.10. The summed E-state index contributed by atoms with van der Waals surface area (Å²) in [6.07, 6.45) is -3.00. The topological polar surface area (TPSA) is 63.0 Å². The van der Waals surface area contributed by atoms with Gasteiger partial charge in [-0.05, 0) is 6.92 Å². The van der Waals surface area contributed by atoms with Crippen molar-refractivity contribution in [2.45, 2.75) is 19.8 Å². The smallest absolute Gasteiger partial charge is 0.310 e. The van der Waals surface area contributed by atoms with Crippen molar-refractivity contribution >= 4 is 5.97 Å². The van der Waals surface area contributed by atoms with Gasteiger partial charge in [-0.2, -0.15) is 5.26 Å². The molecule has 0 aliphatic rings. The number of nitriles is 1. The molecule has 18 heavy (non-hydrogen) atoms. The molecule has 0 amide bonds. The van der Waals surface area contributed by atoms with Gasteiger partial charge in [-0.3, -0.25) is 9.78 Å². The molecule has 0 bridgehead atoms. The fourth-order valence-electron chi connectivity index (χ4n) is 1.33. The van der Waals surface area contributed by atoms with Gasteiger partial charge in [-0.25, -0.2) is 13.2 Å². The fraction of sp³-hybridized carbons (Fsp3) is 0.364. The Balaban J connectivity index is 3.20. The van der Waals surface area contributed by atoms with Crippen LogP contribution in [0, 0.1) is 17.1 Å². The van der Waals surface area contributed by atoms with Gasteiger partial charge in [0.2, 0.25) is 0 Å². The lowest BCUT2D eigenvalue weighted by atomic mass is 10.1. The highest BCUT2D eigenvalue weighted by Crippen LogP contribution is 2.25. The Hall–Kier alpha value is -2.10. The summed E-state index contributed by atoms with van der Waals surface area (Å²) >= 11 is 0. The average molecular weight is 258 g/mol. The average Bonchev–Trinajstić information content (AvgIpc) is 2.31. The predicted octanol–water partition coefficient (Wildman–Crippen LogP) is 2.14. The lowest BCUT2D eigenvalue weighted by molar-refractivity contribution is -0.142. The highest BCUT2D eigenvalue weighted by Gasteiger charge is 2.23. The zero-order valence-electron chi connectivity index (χ0n) is 9.41. The van der Waals surface area contributed by atoms with Crippen molar-refractivity contribution in [3.63, 3.8) is 0 Å². The van der Waals surface area contributed by atoms with E-state index in [1.54, 1.807) is 0 Å². The lowest BCUT2D eigenvalue weighted by Crippen LogP contribution is -2.13.